The van der Waals surface area contributed by atoms with Crippen molar-refractivity contribution < 1.29 is 4.52 Å². The van der Waals surface area contributed by atoms with Gasteiger partial charge in [0.2, 0.25) is 5.89 Å². The molecule has 1 aromatic rings. The quantitative estimate of drug-likeness (QED) is 0.739. The molecule has 0 aliphatic rings. The van der Waals surface area contributed by atoms with Crippen LogP contribution in [0.5, 0.6) is 0 Å². The molecule has 0 radical (unpaired) electrons. The minimum Gasteiger partial charge on any atom is -0.339 e. The van der Waals surface area contributed by atoms with Gasteiger partial charge in [-0.15, -0.1) is 0 Å². The number of aromatic nitrogens is 2. The van der Waals surface area contributed by atoms with E-state index in [4.69, 9.17) is 4.52 Å². The summed E-state index contributed by atoms with van der Waals surface area (Å²) in [5.74, 6) is 2.11. The predicted octanol–water partition coefficient (Wildman–Crippen LogP) is 1.74. The lowest BCUT2D eigenvalue weighted by Crippen LogP contribution is -2.32. The molecule has 0 saturated heterocycles. The molecular weight excluding hydrogens is 240 g/mol. The summed E-state index contributed by atoms with van der Waals surface area (Å²) in [6.45, 7) is 11.9. The topological polar surface area (TPSA) is 54.2 Å². The lowest BCUT2D eigenvalue weighted by molar-refractivity contribution is 0.301. The first-order valence-electron chi connectivity index (χ1n) is 7.31. The highest BCUT2D eigenvalue weighted by molar-refractivity contribution is 4.91. The van der Waals surface area contributed by atoms with Crippen molar-refractivity contribution in [1.29, 1.82) is 0 Å². The molecule has 0 amide bonds. The molecule has 110 valence electrons. The smallest absolute Gasteiger partial charge is 0.228 e. The number of nitrogens with one attached hydrogen (secondary N) is 1. The number of likely N-dealkylation sites (N-methyl/N-ethyl adjacent to an activating group) is 2. The first-order valence-corrected chi connectivity index (χ1v) is 7.31. The Morgan fingerprint density at radius 3 is 2.47 bits per heavy atom. The third-order valence-electron chi connectivity index (χ3n) is 3.63. The molecule has 0 aromatic carbocycles. The van der Waals surface area contributed by atoms with E-state index in [-0.39, 0.29) is 0 Å². The highest BCUT2D eigenvalue weighted by atomic mass is 16.5. The normalized spacial score (nSPS) is 13.4. The third kappa shape index (κ3) is 5.28. The fourth-order valence-corrected chi connectivity index (χ4v) is 2.13. The maximum absolute atomic E-state index is 5.33. The first-order chi connectivity index (χ1) is 9.10. The molecular formula is C14H28N4O. The summed E-state index contributed by atoms with van der Waals surface area (Å²) in [5, 5.41) is 7.35. The van der Waals surface area contributed by atoms with Crippen LogP contribution in [0.1, 0.15) is 39.4 Å². The van der Waals surface area contributed by atoms with Gasteiger partial charge in [0.25, 0.3) is 0 Å². The summed E-state index contributed by atoms with van der Waals surface area (Å²) in [6, 6.07) is 0.385. The van der Waals surface area contributed by atoms with E-state index in [0.29, 0.717) is 12.0 Å². The molecule has 0 fully saturated rings. The monoisotopic (exact) mass is 268 g/mol. The van der Waals surface area contributed by atoms with Gasteiger partial charge in [-0.3, -0.25) is 0 Å². The molecule has 1 N–H and O–H groups in total. The summed E-state index contributed by atoms with van der Waals surface area (Å²) in [5.41, 5.74) is 0. The molecule has 1 atom stereocenters. The van der Waals surface area contributed by atoms with Crippen LogP contribution in [0.2, 0.25) is 0 Å². The van der Waals surface area contributed by atoms with Gasteiger partial charge in [0.1, 0.15) is 0 Å². The maximum atomic E-state index is 5.33. The zero-order valence-corrected chi connectivity index (χ0v) is 12.9. The molecule has 0 saturated carbocycles. The lowest BCUT2D eigenvalue weighted by atomic mass is 10.0. The van der Waals surface area contributed by atoms with Crippen LogP contribution in [-0.4, -0.2) is 47.8 Å². The van der Waals surface area contributed by atoms with Crippen LogP contribution >= 0.6 is 0 Å². The van der Waals surface area contributed by atoms with Crippen LogP contribution in [0.15, 0.2) is 4.52 Å². The lowest BCUT2D eigenvalue weighted by Gasteiger charge is -2.17. The van der Waals surface area contributed by atoms with Crippen molar-refractivity contribution >= 4 is 0 Å². The zero-order chi connectivity index (χ0) is 14.3. The van der Waals surface area contributed by atoms with Crippen LogP contribution in [0.3, 0.4) is 0 Å². The summed E-state index contributed by atoms with van der Waals surface area (Å²) in [6.07, 6.45) is 1.66. The molecule has 0 aliphatic heterocycles. The third-order valence-corrected chi connectivity index (χ3v) is 3.63. The van der Waals surface area contributed by atoms with Crippen LogP contribution in [-0.2, 0) is 12.8 Å². The molecule has 19 heavy (non-hydrogen) atoms. The van der Waals surface area contributed by atoms with Crippen LogP contribution < -0.4 is 5.32 Å². The molecule has 1 unspecified atom stereocenters. The Kier molecular flexibility index (Phi) is 7.02. The SMILES string of the molecule is CCN(CC)CCc1noc(CC(NC)C(C)C)n1. The second kappa shape index (κ2) is 8.27. The molecule has 5 heteroatoms. The van der Waals surface area contributed by atoms with Crippen LogP contribution in [0.25, 0.3) is 0 Å². The van der Waals surface area contributed by atoms with Crippen molar-refractivity contribution in [2.75, 3.05) is 26.7 Å². The van der Waals surface area contributed by atoms with Crippen molar-refractivity contribution in [1.82, 2.24) is 20.4 Å². The number of hydrogen-bond donors (Lipinski definition) is 1. The van der Waals surface area contributed by atoms with Gasteiger partial charge in [-0.05, 0) is 26.1 Å². The Morgan fingerprint density at radius 2 is 1.95 bits per heavy atom. The van der Waals surface area contributed by atoms with Crippen molar-refractivity contribution in [2.45, 2.75) is 46.6 Å². The Balaban J connectivity index is 2.48. The average Bonchev–Trinajstić information content (AvgIpc) is 2.84. The van der Waals surface area contributed by atoms with E-state index in [2.05, 4.69) is 48.1 Å². The van der Waals surface area contributed by atoms with Crippen molar-refractivity contribution in [3.8, 4) is 0 Å². The summed E-state index contributed by atoms with van der Waals surface area (Å²) >= 11 is 0. The Bertz CT molecular complexity index is 347. The molecule has 0 bridgehead atoms. The minimum atomic E-state index is 0.385. The molecule has 0 aliphatic carbocycles. The first kappa shape index (κ1) is 16.1. The van der Waals surface area contributed by atoms with Crippen LogP contribution in [0, 0.1) is 5.92 Å². The highest BCUT2D eigenvalue weighted by Crippen LogP contribution is 2.09. The van der Waals surface area contributed by atoms with Crippen molar-refractivity contribution in [3.63, 3.8) is 0 Å². The molecule has 1 aromatic heterocycles. The van der Waals surface area contributed by atoms with E-state index in [1.165, 1.54) is 0 Å². The standard InChI is InChI=1S/C14H28N4O/c1-6-18(7-2)9-8-13-16-14(19-17-13)10-12(15-5)11(3)4/h11-12,15H,6-10H2,1-5H3. The predicted molar refractivity (Wildman–Crippen MR) is 77.2 cm³/mol. The van der Waals surface area contributed by atoms with Gasteiger partial charge in [-0.2, -0.15) is 4.98 Å². The Labute approximate surface area is 116 Å². The van der Waals surface area contributed by atoms with Gasteiger partial charge in [0.05, 0.1) is 0 Å². The summed E-state index contributed by atoms with van der Waals surface area (Å²) in [7, 11) is 1.97. The van der Waals surface area contributed by atoms with E-state index >= 15 is 0 Å². The van der Waals surface area contributed by atoms with E-state index in [9.17, 15) is 0 Å². The second-order valence-corrected chi connectivity index (χ2v) is 5.22. The number of nitrogens with zero attached hydrogens (tertiary/aromatic N) is 3. The second-order valence-electron chi connectivity index (χ2n) is 5.22. The van der Waals surface area contributed by atoms with Gasteiger partial charge >= 0.3 is 0 Å². The molecule has 1 heterocycles. The van der Waals surface area contributed by atoms with E-state index in [1.54, 1.807) is 0 Å². The minimum absolute atomic E-state index is 0.385. The summed E-state index contributed by atoms with van der Waals surface area (Å²) < 4.78 is 5.33. The van der Waals surface area contributed by atoms with E-state index in [1.807, 2.05) is 7.05 Å². The Morgan fingerprint density at radius 1 is 1.26 bits per heavy atom. The van der Waals surface area contributed by atoms with Gasteiger partial charge in [-0.25, -0.2) is 0 Å². The fourth-order valence-electron chi connectivity index (χ4n) is 2.13. The fraction of sp³-hybridized carbons (Fsp3) is 0.857. The highest BCUT2D eigenvalue weighted by Gasteiger charge is 2.16. The van der Waals surface area contributed by atoms with Gasteiger partial charge in [-0.1, -0.05) is 32.9 Å². The van der Waals surface area contributed by atoms with Crippen molar-refractivity contribution in [3.05, 3.63) is 11.7 Å². The molecule has 5 nitrogen and oxygen atoms in total. The van der Waals surface area contributed by atoms with E-state index in [0.717, 1.165) is 44.2 Å². The number of rotatable bonds is 9. The number of hydrogen-bond acceptors (Lipinski definition) is 5. The summed E-state index contributed by atoms with van der Waals surface area (Å²) in [4.78, 5) is 6.84. The van der Waals surface area contributed by atoms with Crippen molar-refractivity contribution in [2.24, 2.45) is 5.92 Å². The molecule has 1 rings (SSSR count). The average molecular weight is 268 g/mol. The largest absolute Gasteiger partial charge is 0.339 e. The van der Waals surface area contributed by atoms with Gasteiger partial charge < -0.3 is 14.7 Å². The van der Waals surface area contributed by atoms with E-state index < -0.39 is 0 Å². The van der Waals surface area contributed by atoms with Gasteiger partial charge in [0.15, 0.2) is 5.82 Å². The molecule has 0 spiro atoms. The Hall–Kier alpha value is -0.940. The maximum Gasteiger partial charge on any atom is 0.228 e. The van der Waals surface area contributed by atoms with Crippen LogP contribution in [0.4, 0.5) is 0 Å². The van der Waals surface area contributed by atoms with Gasteiger partial charge in [0, 0.05) is 25.4 Å². The zero-order valence-electron chi connectivity index (χ0n) is 12.9.